The third kappa shape index (κ3) is 3.94. The van der Waals surface area contributed by atoms with Gasteiger partial charge in [0, 0.05) is 29.9 Å². The summed E-state index contributed by atoms with van der Waals surface area (Å²) in [6, 6.07) is 11.0. The Morgan fingerprint density at radius 3 is 2.23 bits per heavy atom. The van der Waals surface area contributed by atoms with Gasteiger partial charge in [0.15, 0.2) is 0 Å². The molecule has 2 aromatic rings. The number of hydrogen-bond acceptors (Lipinski definition) is 3. The number of anilines is 1. The van der Waals surface area contributed by atoms with Gasteiger partial charge in [0.05, 0.1) is 13.2 Å². The third-order valence-electron chi connectivity index (χ3n) is 4.59. The van der Waals surface area contributed by atoms with Gasteiger partial charge in [0.25, 0.3) is 11.8 Å². The Balaban J connectivity index is 1.79. The van der Waals surface area contributed by atoms with Crippen LogP contribution < -0.4 is 5.32 Å². The third-order valence-corrected chi connectivity index (χ3v) is 4.59. The van der Waals surface area contributed by atoms with Crippen LogP contribution in [0.15, 0.2) is 36.4 Å². The van der Waals surface area contributed by atoms with Crippen molar-refractivity contribution in [3.63, 3.8) is 0 Å². The van der Waals surface area contributed by atoms with Crippen LogP contribution in [-0.2, 0) is 4.74 Å². The molecule has 26 heavy (non-hydrogen) atoms. The quantitative estimate of drug-likeness (QED) is 0.922. The van der Waals surface area contributed by atoms with Crippen LogP contribution in [0.1, 0.15) is 37.4 Å². The second kappa shape index (κ2) is 7.70. The van der Waals surface area contributed by atoms with E-state index in [9.17, 15) is 9.59 Å². The molecule has 3 rings (SSSR count). The SMILES string of the molecule is Cc1cc(C)c(NC(=O)c2cccc(C(=O)N3CCOCC3)c2)c(C)c1. The summed E-state index contributed by atoms with van der Waals surface area (Å²) < 4.78 is 5.29. The second-order valence-electron chi connectivity index (χ2n) is 6.71. The smallest absolute Gasteiger partial charge is 0.255 e. The molecule has 1 aliphatic rings. The van der Waals surface area contributed by atoms with Gasteiger partial charge >= 0.3 is 0 Å². The van der Waals surface area contributed by atoms with Gasteiger partial charge in [-0.25, -0.2) is 0 Å². The highest BCUT2D eigenvalue weighted by Gasteiger charge is 2.19. The number of morpholine rings is 1. The Bertz CT molecular complexity index is 816. The standard InChI is InChI=1S/C21H24N2O3/c1-14-11-15(2)19(16(3)12-14)22-20(24)17-5-4-6-18(13-17)21(25)23-7-9-26-10-8-23/h4-6,11-13H,7-10H2,1-3H3,(H,22,24). The highest BCUT2D eigenvalue weighted by Crippen LogP contribution is 2.23. The maximum atomic E-state index is 12.7. The number of amides is 2. The van der Waals surface area contributed by atoms with E-state index in [4.69, 9.17) is 4.74 Å². The van der Waals surface area contributed by atoms with Gasteiger partial charge in [-0.15, -0.1) is 0 Å². The van der Waals surface area contributed by atoms with E-state index < -0.39 is 0 Å². The molecule has 0 radical (unpaired) electrons. The minimum atomic E-state index is -0.211. The summed E-state index contributed by atoms with van der Waals surface area (Å²) in [6.45, 7) is 8.26. The van der Waals surface area contributed by atoms with Gasteiger partial charge < -0.3 is 15.0 Å². The van der Waals surface area contributed by atoms with Crippen LogP contribution in [0.4, 0.5) is 5.69 Å². The lowest BCUT2D eigenvalue weighted by Gasteiger charge is -2.27. The normalized spacial score (nSPS) is 14.2. The Labute approximate surface area is 154 Å². The van der Waals surface area contributed by atoms with Gasteiger partial charge in [0.2, 0.25) is 0 Å². The molecule has 1 N–H and O–H groups in total. The molecule has 5 heteroatoms. The molecule has 0 aliphatic carbocycles. The van der Waals surface area contributed by atoms with E-state index in [-0.39, 0.29) is 11.8 Å². The summed E-state index contributed by atoms with van der Waals surface area (Å²) in [5.41, 5.74) is 5.04. The van der Waals surface area contributed by atoms with Crippen LogP contribution in [0.2, 0.25) is 0 Å². The van der Waals surface area contributed by atoms with Gasteiger partial charge in [-0.3, -0.25) is 9.59 Å². The number of rotatable bonds is 3. The molecule has 5 nitrogen and oxygen atoms in total. The number of carbonyl (C=O) groups excluding carboxylic acids is 2. The molecule has 0 bridgehead atoms. The van der Waals surface area contributed by atoms with Gasteiger partial charge in [-0.05, 0) is 50.1 Å². The van der Waals surface area contributed by atoms with Crippen molar-refractivity contribution in [2.45, 2.75) is 20.8 Å². The van der Waals surface area contributed by atoms with Crippen molar-refractivity contribution in [1.82, 2.24) is 4.90 Å². The first kappa shape index (κ1) is 18.1. The first-order chi connectivity index (χ1) is 12.5. The van der Waals surface area contributed by atoms with E-state index >= 15 is 0 Å². The van der Waals surface area contributed by atoms with Crippen LogP contribution in [0.5, 0.6) is 0 Å². The zero-order valence-corrected chi connectivity index (χ0v) is 15.5. The molecule has 1 heterocycles. The average molecular weight is 352 g/mol. The molecule has 0 spiro atoms. The summed E-state index contributed by atoms with van der Waals surface area (Å²) in [4.78, 5) is 27.1. The van der Waals surface area contributed by atoms with E-state index in [0.29, 0.717) is 37.4 Å². The molecule has 1 aliphatic heterocycles. The van der Waals surface area contributed by atoms with Crippen molar-refractivity contribution in [3.8, 4) is 0 Å². The van der Waals surface area contributed by atoms with Crippen molar-refractivity contribution < 1.29 is 14.3 Å². The van der Waals surface area contributed by atoms with Crippen LogP contribution >= 0.6 is 0 Å². The van der Waals surface area contributed by atoms with E-state index in [0.717, 1.165) is 22.4 Å². The molecular formula is C21H24N2O3. The summed E-state index contributed by atoms with van der Waals surface area (Å²) >= 11 is 0. The molecule has 1 fully saturated rings. The van der Waals surface area contributed by atoms with Crippen LogP contribution in [0.25, 0.3) is 0 Å². The summed E-state index contributed by atoms with van der Waals surface area (Å²) in [7, 11) is 0. The van der Waals surface area contributed by atoms with Crippen molar-refractivity contribution in [3.05, 3.63) is 64.2 Å². The molecule has 0 atom stereocenters. The molecule has 2 amide bonds. The zero-order chi connectivity index (χ0) is 18.7. The second-order valence-corrected chi connectivity index (χ2v) is 6.71. The summed E-state index contributed by atoms with van der Waals surface area (Å²) in [5, 5.41) is 2.98. The number of hydrogen-bond donors (Lipinski definition) is 1. The Morgan fingerprint density at radius 1 is 0.962 bits per heavy atom. The van der Waals surface area contributed by atoms with E-state index in [1.165, 1.54) is 0 Å². The van der Waals surface area contributed by atoms with Gasteiger partial charge in [-0.1, -0.05) is 23.8 Å². The number of ether oxygens (including phenoxy) is 1. The van der Waals surface area contributed by atoms with Crippen LogP contribution in [0, 0.1) is 20.8 Å². The highest BCUT2D eigenvalue weighted by atomic mass is 16.5. The van der Waals surface area contributed by atoms with E-state index in [1.807, 2.05) is 32.9 Å². The highest BCUT2D eigenvalue weighted by molar-refractivity contribution is 6.06. The maximum absolute atomic E-state index is 12.7. The van der Waals surface area contributed by atoms with Gasteiger partial charge in [-0.2, -0.15) is 0 Å². The number of aryl methyl sites for hydroxylation is 3. The number of carbonyl (C=O) groups is 2. The molecule has 2 aromatic carbocycles. The van der Waals surface area contributed by atoms with Crippen LogP contribution in [0.3, 0.4) is 0 Å². The Kier molecular flexibility index (Phi) is 5.38. The van der Waals surface area contributed by atoms with Crippen molar-refractivity contribution in [1.29, 1.82) is 0 Å². The predicted octanol–water partition coefficient (Wildman–Crippen LogP) is 3.34. The first-order valence-electron chi connectivity index (χ1n) is 8.82. The molecule has 0 aromatic heterocycles. The lowest BCUT2D eigenvalue weighted by Crippen LogP contribution is -2.40. The Morgan fingerprint density at radius 2 is 1.58 bits per heavy atom. The van der Waals surface area contributed by atoms with Crippen molar-refractivity contribution in [2.24, 2.45) is 0 Å². The topological polar surface area (TPSA) is 58.6 Å². The number of nitrogens with one attached hydrogen (secondary N) is 1. The first-order valence-corrected chi connectivity index (χ1v) is 8.82. The zero-order valence-electron chi connectivity index (χ0n) is 15.5. The molecule has 0 unspecified atom stereocenters. The fourth-order valence-electron chi connectivity index (χ4n) is 3.31. The molecule has 1 saturated heterocycles. The summed E-state index contributed by atoms with van der Waals surface area (Å²) in [6.07, 6.45) is 0. The van der Waals surface area contributed by atoms with Crippen LogP contribution in [-0.4, -0.2) is 43.0 Å². The van der Waals surface area contributed by atoms with E-state index in [1.54, 1.807) is 29.2 Å². The minimum Gasteiger partial charge on any atom is -0.378 e. The monoisotopic (exact) mass is 352 g/mol. The fourth-order valence-corrected chi connectivity index (χ4v) is 3.31. The van der Waals surface area contributed by atoms with Gasteiger partial charge in [0.1, 0.15) is 0 Å². The predicted molar refractivity (Wildman–Crippen MR) is 102 cm³/mol. The average Bonchev–Trinajstić information content (AvgIpc) is 2.64. The van der Waals surface area contributed by atoms with Crippen molar-refractivity contribution in [2.75, 3.05) is 31.6 Å². The largest absolute Gasteiger partial charge is 0.378 e. The number of benzene rings is 2. The summed E-state index contributed by atoms with van der Waals surface area (Å²) in [5.74, 6) is -0.276. The van der Waals surface area contributed by atoms with Crippen molar-refractivity contribution >= 4 is 17.5 Å². The molecule has 0 saturated carbocycles. The molecular weight excluding hydrogens is 328 g/mol. The molecule has 136 valence electrons. The number of nitrogens with zero attached hydrogens (tertiary/aromatic N) is 1. The van der Waals surface area contributed by atoms with E-state index in [2.05, 4.69) is 5.32 Å². The maximum Gasteiger partial charge on any atom is 0.255 e. The fraction of sp³-hybridized carbons (Fsp3) is 0.333. The lowest BCUT2D eigenvalue weighted by atomic mass is 10.0. The lowest BCUT2D eigenvalue weighted by molar-refractivity contribution is 0.0303. The Hall–Kier alpha value is -2.66. The minimum absolute atomic E-state index is 0.0642.